The Bertz CT molecular complexity index is 3040. The first-order chi connectivity index (χ1) is 26.6. The standard InChI is InChI=1S/C51H50N4O/c1-28(2)34-15-19-42-40(25-34)37-13-12-20-52-47(37)54(42)35-16-17-36-39-22-29(3)14-18-43(39)55(45(36)26-35)44-27-38(31(5)24-32(44)6)48-53-50(10)41-23-30(4)21-33(7)46(41)49(8,9)51(50,11)56-48/h12-28H,1-11H3/t50-,51+/m1/s1. The van der Waals surface area contributed by atoms with Gasteiger partial charge < -0.3 is 9.30 Å². The Labute approximate surface area is 329 Å². The first-order valence-corrected chi connectivity index (χ1v) is 20.1. The van der Waals surface area contributed by atoms with Gasteiger partial charge in [0.25, 0.3) is 0 Å². The molecule has 3 aromatic heterocycles. The molecule has 280 valence electrons. The maximum Gasteiger partial charge on any atom is 0.218 e. The minimum absolute atomic E-state index is 0.249. The van der Waals surface area contributed by atoms with E-state index in [9.17, 15) is 0 Å². The summed E-state index contributed by atoms with van der Waals surface area (Å²) in [6, 6.07) is 34.1. The molecule has 1 aliphatic heterocycles. The highest BCUT2D eigenvalue weighted by Crippen LogP contribution is 2.62. The van der Waals surface area contributed by atoms with Crippen LogP contribution in [0.1, 0.15) is 97.5 Å². The molecule has 0 fully saturated rings. The minimum Gasteiger partial charge on any atom is -0.467 e. The van der Waals surface area contributed by atoms with Crippen LogP contribution in [0.25, 0.3) is 55.1 Å². The van der Waals surface area contributed by atoms with E-state index in [1.807, 2.05) is 12.3 Å². The van der Waals surface area contributed by atoms with E-state index in [1.54, 1.807) is 0 Å². The fraction of sp³-hybridized carbons (Fsp3) is 0.294. The van der Waals surface area contributed by atoms with Crippen molar-refractivity contribution in [1.82, 2.24) is 14.1 Å². The van der Waals surface area contributed by atoms with Crippen LogP contribution in [0, 0.1) is 34.6 Å². The zero-order valence-electron chi connectivity index (χ0n) is 34.5. The second-order valence-electron chi connectivity index (χ2n) is 17.9. The van der Waals surface area contributed by atoms with E-state index in [-0.39, 0.29) is 5.41 Å². The zero-order chi connectivity index (χ0) is 39.2. The zero-order valence-corrected chi connectivity index (χ0v) is 34.5. The summed E-state index contributed by atoms with van der Waals surface area (Å²) in [6.07, 6.45) is 1.90. The summed E-state index contributed by atoms with van der Waals surface area (Å²) in [5, 5.41) is 4.86. The number of pyridine rings is 1. The van der Waals surface area contributed by atoms with Crippen molar-refractivity contribution >= 4 is 49.6 Å². The topological polar surface area (TPSA) is 44.3 Å². The lowest BCUT2D eigenvalue weighted by atomic mass is 9.70. The average molecular weight is 735 g/mol. The van der Waals surface area contributed by atoms with Crippen LogP contribution in [0.15, 0.2) is 102 Å². The Hall–Kier alpha value is -5.68. The van der Waals surface area contributed by atoms with Crippen LogP contribution in [-0.4, -0.2) is 25.6 Å². The van der Waals surface area contributed by atoms with Gasteiger partial charge >= 0.3 is 0 Å². The van der Waals surface area contributed by atoms with Gasteiger partial charge in [-0.25, -0.2) is 9.98 Å². The van der Waals surface area contributed by atoms with Crippen molar-refractivity contribution in [2.45, 2.75) is 98.6 Å². The van der Waals surface area contributed by atoms with Gasteiger partial charge in [-0.05, 0) is 142 Å². The molecule has 5 nitrogen and oxygen atoms in total. The number of rotatable bonds is 4. The highest BCUT2D eigenvalue weighted by Gasteiger charge is 2.68. The Morgan fingerprint density at radius 3 is 2.16 bits per heavy atom. The van der Waals surface area contributed by atoms with Gasteiger partial charge in [-0.15, -0.1) is 0 Å². The van der Waals surface area contributed by atoms with Gasteiger partial charge in [0, 0.05) is 50.1 Å². The molecule has 10 rings (SSSR count). The molecule has 4 heterocycles. The van der Waals surface area contributed by atoms with Gasteiger partial charge in [0.1, 0.15) is 16.8 Å². The molecule has 0 amide bonds. The van der Waals surface area contributed by atoms with Gasteiger partial charge in [0.05, 0.1) is 16.6 Å². The first kappa shape index (κ1) is 34.8. The van der Waals surface area contributed by atoms with Crippen molar-refractivity contribution in [2.24, 2.45) is 4.99 Å². The number of hydrogen-bond acceptors (Lipinski definition) is 3. The molecular formula is C51H50N4O. The first-order valence-electron chi connectivity index (χ1n) is 20.1. The summed E-state index contributed by atoms with van der Waals surface area (Å²) in [4.78, 5) is 10.6. The van der Waals surface area contributed by atoms with Crippen molar-refractivity contribution in [1.29, 1.82) is 0 Å². The summed E-state index contributed by atoms with van der Waals surface area (Å²) in [7, 11) is 0. The lowest BCUT2D eigenvalue weighted by molar-refractivity contribution is -0.0137. The van der Waals surface area contributed by atoms with Crippen LogP contribution in [0.2, 0.25) is 0 Å². The number of aromatic nitrogens is 3. The Morgan fingerprint density at radius 1 is 0.625 bits per heavy atom. The maximum atomic E-state index is 7.24. The molecule has 5 heteroatoms. The molecular weight excluding hydrogens is 685 g/mol. The molecule has 2 aliphatic rings. The molecule has 0 saturated heterocycles. The van der Waals surface area contributed by atoms with Crippen LogP contribution in [0.4, 0.5) is 0 Å². The molecule has 5 aromatic carbocycles. The molecule has 56 heavy (non-hydrogen) atoms. The van der Waals surface area contributed by atoms with Crippen molar-refractivity contribution in [3.63, 3.8) is 0 Å². The second-order valence-corrected chi connectivity index (χ2v) is 17.9. The molecule has 0 radical (unpaired) electrons. The van der Waals surface area contributed by atoms with E-state index in [2.05, 4.69) is 170 Å². The number of aliphatic imine (C=N–C) groups is 1. The van der Waals surface area contributed by atoms with Gasteiger partial charge in [-0.3, -0.25) is 4.57 Å². The summed E-state index contributed by atoms with van der Waals surface area (Å²) in [6.45, 7) is 24.7. The number of fused-ring (bicyclic) bond motifs is 9. The number of ether oxygens (including phenoxy) is 1. The van der Waals surface area contributed by atoms with Crippen molar-refractivity contribution in [2.75, 3.05) is 0 Å². The smallest absolute Gasteiger partial charge is 0.218 e. The average Bonchev–Trinajstić information content (AvgIpc) is 3.78. The third-order valence-electron chi connectivity index (χ3n) is 13.8. The summed E-state index contributed by atoms with van der Waals surface area (Å²) in [5.74, 6) is 1.16. The second kappa shape index (κ2) is 11.4. The minimum atomic E-state index is -0.556. The van der Waals surface area contributed by atoms with Crippen molar-refractivity contribution < 1.29 is 4.74 Å². The highest BCUT2D eigenvalue weighted by molar-refractivity contribution is 6.12. The van der Waals surface area contributed by atoms with E-state index in [0.29, 0.717) is 5.92 Å². The van der Waals surface area contributed by atoms with Gasteiger partial charge in [-0.2, -0.15) is 0 Å². The maximum absolute atomic E-state index is 7.24. The summed E-state index contributed by atoms with van der Waals surface area (Å²) >= 11 is 0. The van der Waals surface area contributed by atoms with E-state index >= 15 is 0 Å². The third-order valence-corrected chi connectivity index (χ3v) is 13.8. The monoisotopic (exact) mass is 734 g/mol. The predicted molar refractivity (Wildman–Crippen MR) is 234 cm³/mol. The molecule has 2 atom stereocenters. The molecule has 0 unspecified atom stereocenters. The van der Waals surface area contributed by atoms with Gasteiger partial charge in [0.15, 0.2) is 0 Å². The summed E-state index contributed by atoms with van der Waals surface area (Å²) < 4.78 is 12.0. The molecule has 0 spiro atoms. The Morgan fingerprint density at radius 2 is 1.38 bits per heavy atom. The Balaban J connectivity index is 1.21. The SMILES string of the molecule is Cc1cc(C)c2c(c1)[C@@]1(C)N=C(c3cc(-n4c5ccc(C)cc5c5ccc(-n6c7ccc(C(C)C)cc7c7cccnc76)cc54)c(C)cc3C)O[C@@]1(C)C2(C)C. The third kappa shape index (κ3) is 4.43. The van der Waals surface area contributed by atoms with E-state index in [4.69, 9.17) is 14.7 Å². The largest absolute Gasteiger partial charge is 0.467 e. The van der Waals surface area contributed by atoms with E-state index in [0.717, 1.165) is 45.1 Å². The molecule has 8 aromatic rings. The predicted octanol–water partition coefficient (Wildman–Crippen LogP) is 12.7. The highest BCUT2D eigenvalue weighted by atomic mass is 16.5. The molecule has 1 aliphatic carbocycles. The van der Waals surface area contributed by atoms with Crippen LogP contribution >= 0.6 is 0 Å². The number of aryl methyl sites for hydroxylation is 5. The molecule has 0 N–H and O–H groups in total. The number of nitrogens with zero attached hydrogens (tertiary/aromatic N) is 4. The quantitative estimate of drug-likeness (QED) is 0.181. The van der Waals surface area contributed by atoms with Gasteiger partial charge in [0.2, 0.25) is 5.90 Å². The van der Waals surface area contributed by atoms with Crippen molar-refractivity contribution in [3.8, 4) is 11.4 Å². The fourth-order valence-corrected chi connectivity index (χ4v) is 10.5. The molecule has 0 bridgehead atoms. The molecule has 0 saturated carbocycles. The van der Waals surface area contributed by atoms with E-state index in [1.165, 1.54) is 66.0 Å². The van der Waals surface area contributed by atoms with Gasteiger partial charge in [-0.1, -0.05) is 75.2 Å². The van der Waals surface area contributed by atoms with E-state index < -0.39 is 11.1 Å². The summed E-state index contributed by atoms with van der Waals surface area (Å²) in [5.41, 5.74) is 16.5. The van der Waals surface area contributed by atoms with Crippen LogP contribution in [0.3, 0.4) is 0 Å². The Kier molecular flexibility index (Phi) is 7.11. The van der Waals surface area contributed by atoms with Crippen LogP contribution in [-0.2, 0) is 15.7 Å². The lowest BCUT2D eigenvalue weighted by Gasteiger charge is -2.41. The number of benzene rings is 5. The lowest BCUT2D eigenvalue weighted by Crippen LogP contribution is -2.51. The normalized spacial score (nSPS) is 20.0. The van der Waals surface area contributed by atoms with Crippen LogP contribution in [0.5, 0.6) is 0 Å². The van der Waals surface area contributed by atoms with Crippen LogP contribution < -0.4 is 0 Å². The fourth-order valence-electron chi connectivity index (χ4n) is 10.5. The number of hydrogen-bond donors (Lipinski definition) is 0. The van der Waals surface area contributed by atoms with Crippen molar-refractivity contribution in [3.05, 3.63) is 147 Å².